The molecule has 2 heterocycles. The highest BCUT2D eigenvalue weighted by Gasteiger charge is 2.27. The summed E-state index contributed by atoms with van der Waals surface area (Å²) in [7, 11) is 0. The van der Waals surface area contributed by atoms with Crippen LogP contribution in [-0.4, -0.2) is 28.8 Å². The van der Waals surface area contributed by atoms with E-state index in [0.29, 0.717) is 22.0 Å². The summed E-state index contributed by atoms with van der Waals surface area (Å²) in [5, 5.41) is 11.3. The number of aryl methyl sites for hydroxylation is 1. The molecule has 2 N–H and O–H groups in total. The maximum absolute atomic E-state index is 13.8. The number of carbonyl (C=O) groups excluding carboxylic acids is 1. The number of rotatable bonds is 4. The second kappa shape index (κ2) is 8.35. The third-order valence-corrected chi connectivity index (χ3v) is 5.51. The lowest BCUT2D eigenvalue weighted by molar-refractivity contribution is 0.102. The number of anilines is 1. The molecule has 0 aliphatic carbocycles. The van der Waals surface area contributed by atoms with Gasteiger partial charge in [0, 0.05) is 16.6 Å². The summed E-state index contributed by atoms with van der Waals surface area (Å²) in [6.07, 6.45) is 3.34. The number of carbonyl (C=O) groups is 1. The van der Waals surface area contributed by atoms with Crippen LogP contribution in [0.5, 0.6) is 0 Å². The summed E-state index contributed by atoms with van der Waals surface area (Å²) in [6, 6.07) is 11.6. The number of halogens is 2. The van der Waals surface area contributed by atoms with Crippen LogP contribution in [0.3, 0.4) is 0 Å². The van der Waals surface area contributed by atoms with Gasteiger partial charge in [-0.05, 0) is 68.8 Å². The van der Waals surface area contributed by atoms with E-state index in [2.05, 4.69) is 15.7 Å². The molecule has 1 aliphatic heterocycles. The minimum Gasteiger partial charge on any atom is -0.322 e. The van der Waals surface area contributed by atoms with Crippen molar-refractivity contribution in [1.82, 2.24) is 15.1 Å². The van der Waals surface area contributed by atoms with Gasteiger partial charge < -0.3 is 10.6 Å². The summed E-state index contributed by atoms with van der Waals surface area (Å²) in [5.41, 5.74) is 3.51. The lowest BCUT2D eigenvalue weighted by Crippen LogP contribution is -2.29. The fourth-order valence-electron chi connectivity index (χ4n) is 3.75. The molecule has 0 unspecified atom stereocenters. The molecule has 3 aromatic rings. The summed E-state index contributed by atoms with van der Waals surface area (Å²) < 4.78 is 15.5. The van der Waals surface area contributed by atoms with Gasteiger partial charge in [0.2, 0.25) is 0 Å². The Bertz CT molecular complexity index is 1040. The van der Waals surface area contributed by atoms with E-state index in [-0.39, 0.29) is 17.6 Å². The second-order valence-electron chi connectivity index (χ2n) is 7.27. The molecule has 4 rings (SSSR count). The molecular formula is C22H22ClFN4O. The summed E-state index contributed by atoms with van der Waals surface area (Å²) >= 11 is 6.09. The zero-order chi connectivity index (χ0) is 20.4. The van der Waals surface area contributed by atoms with Crippen LogP contribution < -0.4 is 10.6 Å². The largest absolute Gasteiger partial charge is 0.322 e. The molecule has 150 valence electrons. The highest BCUT2D eigenvalue weighted by atomic mass is 35.5. The molecule has 0 saturated carbocycles. The zero-order valence-electron chi connectivity index (χ0n) is 16.1. The van der Waals surface area contributed by atoms with Crippen molar-refractivity contribution in [3.05, 3.63) is 76.3 Å². The number of amides is 1. The number of aromatic nitrogens is 2. The van der Waals surface area contributed by atoms with Gasteiger partial charge in [0.15, 0.2) is 0 Å². The molecule has 1 fully saturated rings. The predicted molar refractivity (Wildman–Crippen MR) is 113 cm³/mol. The fourth-order valence-corrected chi connectivity index (χ4v) is 3.93. The molecule has 2 aromatic carbocycles. The number of benzene rings is 2. The Hall–Kier alpha value is -2.70. The number of nitrogens with zero attached hydrogens (tertiary/aromatic N) is 2. The first kappa shape index (κ1) is 19.6. The van der Waals surface area contributed by atoms with E-state index < -0.39 is 0 Å². The molecule has 1 aromatic heterocycles. The molecule has 1 saturated heterocycles. The van der Waals surface area contributed by atoms with Crippen molar-refractivity contribution >= 4 is 23.2 Å². The van der Waals surface area contributed by atoms with Crippen LogP contribution >= 0.6 is 11.6 Å². The number of hydrogen-bond acceptors (Lipinski definition) is 3. The molecule has 1 aliphatic rings. The van der Waals surface area contributed by atoms with Gasteiger partial charge in [-0.15, -0.1) is 0 Å². The van der Waals surface area contributed by atoms with Crippen molar-refractivity contribution in [3.8, 4) is 5.69 Å². The molecule has 0 spiro atoms. The average molecular weight is 413 g/mol. The van der Waals surface area contributed by atoms with Gasteiger partial charge in [-0.1, -0.05) is 23.7 Å². The Morgan fingerprint density at radius 2 is 2.03 bits per heavy atom. The Morgan fingerprint density at radius 3 is 2.79 bits per heavy atom. The lowest BCUT2D eigenvalue weighted by Gasteiger charge is -2.24. The lowest BCUT2D eigenvalue weighted by atomic mass is 9.91. The Labute approximate surface area is 173 Å². The first-order valence-electron chi connectivity index (χ1n) is 9.65. The molecule has 0 atom stereocenters. The first-order valence-corrected chi connectivity index (χ1v) is 10.0. The second-order valence-corrected chi connectivity index (χ2v) is 7.71. The van der Waals surface area contributed by atoms with Crippen molar-refractivity contribution in [1.29, 1.82) is 0 Å². The minimum absolute atomic E-state index is 0.156. The summed E-state index contributed by atoms with van der Waals surface area (Å²) in [4.78, 5) is 13.2. The molecule has 0 bridgehead atoms. The Morgan fingerprint density at radius 1 is 1.24 bits per heavy atom. The van der Waals surface area contributed by atoms with Crippen molar-refractivity contribution in [2.75, 3.05) is 18.4 Å². The minimum atomic E-state index is -0.338. The van der Waals surface area contributed by atoms with Crippen molar-refractivity contribution in [2.45, 2.75) is 25.7 Å². The van der Waals surface area contributed by atoms with Gasteiger partial charge in [-0.2, -0.15) is 5.10 Å². The van der Waals surface area contributed by atoms with E-state index in [1.165, 1.54) is 12.1 Å². The SMILES string of the molecule is Cc1ccc(Cl)cc1NC(=O)c1cnn(-c2cccc(F)c2)c1C1CCNCC1. The van der Waals surface area contributed by atoms with Crippen LogP contribution in [-0.2, 0) is 0 Å². The number of piperidine rings is 1. The first-order chi connectivity index (χ1) is 14.0. The highest BCUT2D eigenvalue weighted by molar-refractivity contribution is 6.31. The third-order valence-electron chi connectivity index (χ3n) is 5.28. The van der Waals surface area contributed by atoms with Gasteiger partial charge in [0.05, 0.1) is 23.1 Å². The summed E-state index contributed by atoms with van der Waals surface area (Å²) in [6.45, 7) is 3.65. The van der Waals surface area contributed by atoms with Crippen LogP contribution in [0.1, 0.15) is 40.4 Å². The van der Waals surface area contributed by atoms with Crippen LogP contribution in [0.25, 0.3) is 5.69 Å². The van der Waals surface area contributed by atoms with E-state index in [1.54, 1.807) is 35.1 Å². The monoisotopic (exact) mass is 412 g/mol. The molecule has 5 nitrogen and oxygen atoms in total. The summed E-state index contributed by atoms with van der Waals surface area (Å²) in [5.74, 6) is -0.426. The van der Waals surface area contributed by atoms with Gasteiger partial charge >= 0.3 is 0 Å². The molecule has 1 amide bonds. The van der Waals surface area contributed by atoms with Gasteiger partial charge in [-0.3, -0.25) is 4.79 Å². The van der Waals surface area contributed by atoms with Crippen LogP contribution in [0.15, 0.2) is 48.7 Å². The molecule has 0 radical (unpaired) electrons. The zero-order valence-corrected chi connectivity index (χ0v) is 16.8. The fraction of sp³-hybridized carbons (Fsp3) is 0.273. The van der Waals surface area contributed by atoms with E-state index in [4.69, 9.17) is 11.6 Å². The van der Waals surface area contributed by atoms with Crippen LogP contribution in [0, 0.1) is 12.7 Å². The third kappa shape index (κ3) is 4.18. The van der Waals surface area contributed by atoms with Gasteiger partial charge in [-0.25, -0.2) is 9.07 Å². The number of hydrogen-bond donors (Lipinski definition) is 2. The van der Waals surface area contributed by atoms with Crippen molar-refractivity contribution in [2.24, 2.45) is 0 Å². The number of nitrogens with one attached hydrogen (secondary N) is 2. The Balaban J connectivity index is 1.74. The highest BCUT2D eigenvalue weighted by Crippen LogP contribution is 2.31. The van der Waals surface area contributed by atoms with Crippen LogP contribution in [0.4, 0.5) is 10.1 Å². The van der Waals surface area contributed by atoms with Crippen molar-refractivity contribution in [3.63, 3.8) is 0 Å². The topological polar surface area (TPSA) is 59.0 Å². The normalized spacial score (nSPS) is 14.7. The van der Waals surface area contributed by atoms with E-state index >= 15 is 0 Å². The predicted octanol–water partition coefficient (Wildman–Crippen LogP) is 4.69. The van der Waals surface area contributed by atoms with E-state index in [0.717, 1.165) is 37.2 Å². The van der Waals surface area contributed by atoms with Crippen molar-refractivity contribution < 1.29 is 9.18 Å². The van der Waals surface area contributed by atoms with E-state index in [9.17, 15) is 9.18 Å². The smallest absolute Gasteiger partial charge is 0.259 e. The maximum atomic E-state index is 13.8. The average Bonchev–Trinajstić information content (AvgIpc) is 3.17. The van der Waals surface area contributed by atoms with Crippen LogP contribution in [0.2, 0.25) is 5.02 Å². The van der Waals surface area contributed by atoms with Gasteiger partial charge in [0.25, 0.3) is 5.91 Å². The molecular weight excluding hydrogens is 391 g/mol. The van der Waals surface area contributed by atoms with Gasteiger partial charge in [0.1, 0.15) is 5.82 Å². The maximum Gasteiger partial charge on any atom is 0.259 e. The Kier molecular flexibility index (Phi) is 5.65. The molecule has 29 heavy (non-hydrogen) atoms. The quantitative estimate of drug-likeness (QED) is 0.653. The standard InChI is InChI=1S/C22H22ClFN4O/c1-14-5-6-16(23)11-20(14)27-22(29)19-13-26-28(18-4-2-3-17(24)12-18)21(19)15-7-9-25-10-8-15/h2-6,11-13,15,25H,7-10H2,1H3,(H,27,29). The molecule has 7 heteroatoms. The van der Waals surface area contributed by atoms with E-state index in [1.807, 2.05) is 13.0 Å².